The van der Waals surface area contributed by atoms with Crippen LogP contribution in [0.1, 0.15) is 28.0 Å². The molecule has 1 aromatic heterocycles. The average molecular weight is 372 g/mol. The Hall–Kier alpha value is -2.38. The van der Waals surface area contributed by atoms with Crippen molar-refractivity contribution in [1.82, 2.24) is 20.1 Å². The van der Waals surface area contributed by atoms with Crippen molar-refractivity contribution < 1.29 is 14.7 Å². The van der Waals surface area contributed by atoms with Crippen molar-refractivity contribution in [2.75, 3.05) is 33.7 Å². The molecule has 0 aliphatic carbocycles. The minimum Gasteiger partial charge on any atom is -0.390 e. The summed E-state index contributed by atoms with van der Waals surface area (Å²) in [7, 11) is 3.44. The van der Waals surface area contributed by atoms with Gasteiger partial charge in [-0.05, 0) is 31.9 Å². The molecule has 7 nitrogen and oxygen atoms in total. The van der Waals surface area contributed by atoms with E-state index in [0.29, 0.717) is 25.1 Å². The first-order valence-corrected chi connectivity index (χ1v) is 9.27. The SMILES string of the molecule is Cc1[nH]c2c(C(=O)N[C@@H]3CCN(CC(=O)N(C)C)C[C@H]3O)cccc2c1C. The standard InChI is InChI=1S/C20H28N4O3/c1-12-13(2)21-19-14(12)6-5-7-15(19)20(27)22-16-8-9-24(10-17(16)25)11-18(26)23(3)4/h5-7,16-17,21,25H,8-11H2,1-4H3,(H,22,27)/t16-,17-/m1/s1. The number of amides is 2. The third-order valence-corrected chi connectivity index (χ3v) is 5.43. The monoisotopic (exact) mass is 372 g/mol. The Morgan fingerprint density at radius 2 is 2.07 bits per heavy atom. The number of piperidine rings is 1. The summed E-state index contributed by atoms with van der Waals surface area (Å²) < 4.78 is 0. The van der Waals surface area contributed by atoms with E-state index < -0.39 is 6.10 Å². The first kappa shape index (κ1) is 19.4. The van der Waals surface area contributed by atoms with Crippen molar-refractivity contribution in [1.29, 1.82) is 0 Å². The number of benzene rings is 1. The molecule has 0 bridgehead atoms. The van der Waals surface area contributed by atoms with E-state index in [9.17, 15) is 14.7 Å². The maximum absolute atomic E-state index is 12.8. The molecule has 146 valence electrons. The Balaban J connectivity index is 1.67. The summed E-state index contributed by atoms with van der Waals surface area (Å²) in [4.78, 5) is 31.4. The van der Waals surface area contributed by atoms with Crippen LogP contribution >= 0.6 is 0 Å². The highest BCUT2D eigenvalue weighted by atomic mass is 16.3. The smallest absolute Gasteiger partial charge is 0.253 e. The zero-order valence-electron chi connectivity index (χ0n) is 16.4. The van der Waals surface area contributed by atoms with Crippen molar-refractivity contribution in [3.63, 3.8) is 0 Å². The second-order valence-corrected chi connectivity index (χ2v) is 7.56. The Morgan fingerprint density at radius 3 is 2.74 bits per heavy atom. The zero-order chi connectivity index (χ0) is 19.7. The van der Waals surface area contributed by atoms with Gasteiger partial charge in [0.2, 0.25) is 5.91 Å². The predicted molar refractivity (Wildman–Crippen MR) is 105 cm³/mol. The molecule has 2 atom stereocenters. The van der Waals surface area contributed by atoms with E-state index in [1.54, 1.807) is 25.1 Å². The first-order valence-electron chi connectivity index (χ1n) is 9.27. The molecular formula is C20H28N4O3. The molecule has 2 aromatic rings. The molecule has 3 N–H and O–H groups in total. The number of aryl methyl sites for hydroxylation is 2. The molecule has 0 spiro atoms. The summed E-state index contributed by atoms with van der Waals surface area (Å²) in [6.07, 6.45) is -0.101. The molecule has 1 fully saturated rings. The Kier molecular flexibility index (Phi) is 5.53. The number of rotatable bonds is 4. The highest BCUT2D eigenvalue weighted by Crippen LogP contribution is 2.24. The number of aliphatic hydroxyl groups is 1. The van der Waals surface area contributed by atoms with Gasteiger partial charge in [0.25, 0.3) is 5.91 Å². The number of likely N-dealkylation sites (N-methyl/N-ethyl adjacent to an activating group) is 1. The van der Waals surface area contributed by atoms with Crippen molar-refractivity contribution in [3.05, 3.63) is 35.0 Å². The number of carbonyl (C=O) groups excluding carboxylic acids is 2. The second-order valence-electron chi connectivity index (χ2n) is 7.56. The topological polar surface area (TPSA) is 88.7 Å². The van der Waals surface area contributed by atoms with Crippen LogP contribution in [0.3, 0.4) is 0 Å². The average Bonchev–Trinajstić information content (AvgIpc) is 2.91. The third-order valence-electron chi connectivity index (χ3n) is 5.43. The number of carbonyl (C=O) groups is 2. The molecule has 2 heterocycles. The number of likely N-dealkylation sites (tertiary alicyclic amines) is 1. The molecule has 1 saturated heterocycles. The van der Waals surface area contributed by atoms with Gasteiger partial charge in [-0.2, -0.15) is 0 Å². The van der Waals surface area contributed by atoms with Crippen LogP contribution in [0.4, 0.5) is 0 Å². The van der Waals surface area contributed by atoms with Gasteiger partial charge in [-0.25, -0.2) is 0 Å². The second kappa shape index (κ2) is 7.70. The van der Waals surface area contributed by atoms with Gasteiger partial charge in [-0.1, -0.05) is 12.1 Å². The molecule has 2 amide bonds. The number of H-pyrrole nitrogens is 1. The van der Waals surface area contributed by atoms with Crippen LogP contribution in [0.25, 0.3) is 10.9 Å². The van der Waals surface area contributed by atoms with Crippen molar-refractivity contribution >= 4 is 22.7 Å². The summed E-state index contributed by atoms with van der Waals surface area (Å²) in [5.41, 5.74) is 3.59. The number of aliphatic hydroxyl groups excluding tert-OH is 1. The minimum absolute atomic E-state index is 0.00819. The number of nitrogens with one attached hydrogen (secondary N) is 2. The van der Waals surface area contributed by atoms with Crippen molar-refractivity contribution in [2.45, 2.75) is 32.4 Å². The minimum atomic E-state index is -0.705. The van der Waals surface area contributed by atoms with Crippen LogP contribution in [0.15, 0.2) is 18.2 Å². The number of para-hydroxylation sites is 1. The number of β-amino-alcohol motifs (C(OH)–C–C–N with tert-alkyl or cyclic N) is 1. The summed E-state index contributed by atoms with van der Waals surface area (Å²) in [5.74, 6) is -0.183. The fourth-order valence-corrected chi connectivity index (χ4v) is 3.56. The van der Waals surface area contributed by atoms with E-state index in [1.807, 2.05) is 30.9 Å². The summed E-state index contributed by atoms with van der Waals surface area (Å²) in [5, 5.41) is 14.5. The normalized spacial score (nSPS) is 20.6. The van der Waals surface area contributed by atoms with Gasteiger partial charge >= 0.3 is 0 Å². The molecule has 1 aliphatic rings. The van der Waals surface area contributed by atoms with Crippen LogP contribution in [-0.4, -0.2) is 77.6 Å². The number of hydrogen-bond donors (Lipinski definition) is 3. The largest absolute Gasteiger partial charge is 0.390 e. The lowest BCUT2D eigenvalue weighted by Crippen LogP contribution is -2.55. The van der Waals surface area contributed by atoms with Gasteiger partial charge in [0.15, 0.2) is 0 Å². The van der Waals surface area contributed by atoms with E-state index in [4.69, 9.17) is 0 Å². The predicted octanol–water partition coefficient (Wildman–Crippen LogP) is 1.04. The van der Waals surface area contributed by atoms with Gasteiger partial charge in [-0.3, -0.25) is 14.5 Å². The molecule has 1 aliphatic heterocycles. The molecule has 3 rings (SSSR count). The maximum Gasteiger partial charge on any atom is 0.253 e. The number of hydrogen-bond acceptors (Lipinski definition) is 4. The molecule has 7 heteroatoms. The van der Waals surface area contributed by atoms with Gasteiger partial charge in [0.05, 0.1) is 29.8 Å². The Bertz CT molecular complexity index is 858. The summed E-state index contributed by atoms with van der Waals surface area (Å²) in [6.45, 7) is 5.34. The molecule has 1 aromatic carbocycles. The lowest BCUT2D eigenvalue weighted by Gasteiger charge is -2.36. The Morgan fingerprint density at radius 1 is 1.33 bits per heavy atom. The van der Waals surface area contributed by atoms with Crippen LogP contribution in [0.5, 0.6) is 0 Å². The van der Waals surface area contributed by atoms with E-state index >= 15 is 0 Å². The number of aromatic amines is 1. The molecule has 27 heavy (non-hydrogen) atoms. The quantitative estimate of drug-likeness (QED) is 0.748. The first-order chi connectivity index (χ1) is 12.8. The highest BCUT2D eigenvalue weighted by Gasteiger charge is 2.30. The van der Waals surface area contributed by atoms with E-state index in [1.165, 1.54) is 0 Å². The van der Waals surface area contributed by atoms with Gasteiger partial charge in [-0.15, -0.1) is 0 Å². The molecular weight excluding hydrogens is 344 g/mol. The van der Waals surface area contributed by atoms with Gasteiger partial charge in [0, 0.05) is 38.3 Å². The van der Waals surface area contributed by atoms with Crippen molar-refractivity contribution in [3.8, 4) is 0 Å². The molecule has 0 saturated carbocycles. The number of nitrogens with zero attached hydrogens (tertiary/aromatic N) is 2. The molecule has 0 unspecified atom stereocenters. The van der Waals surface area contributed by atoms with Crippen LogP contribution < -0.4 is 5.32 Å². The lowest BCUT2D eigenvalue weighted by molar-refractivity contribution is -0.130. The number of fused-ring (bicyclic) bond motifs is 1. The van der Waals surface area contributed by atoms with Gasteiger partial charge < -0.3 is 20.3 Å². The fourth-order valence-electron chi connectivity index (χ4n) is 3.56. The van der Waals surface area contributed by atoms with E-state index in [-0.39, 0.29) is 24.4 Å². The van der Waals surface area contributed by atoms with Crippen LogP contribution in [0, 0.1) is 13.8 Å². The highest BCUT2D eigenvalue weighted by molar-refractivity contribution is 6.06. The van der Waals surface area contributed by atoms with Crippen molar-refractivity contribution in [2.24, 2.45) is 0 Å². The molecule has 0 radical (unpaired) electrons. The number of aromatic nitrogens is 1. The Labute approximate surface area is 159 Å². The zero-order valence-corrected chi connectivity index (χ0v) is 16.4. The maximum atomic E-state index is 12.8. The van der Waals surface area contributed by atoms with Crippen LogP contribution in [0.2, 0.25) is 0 Å². The van der Waals surface area contributed by atoms with Crippen LogP contribution in [-0.2, 0) is 4.79 Å². The summed E-state index contributed by atoms with van der Waals surface area (Å²) >= 11 is 0. The lowest BCUT2D eigenvalue weighted by atomic mass is 10.0. The fraction of sp³-hybridized carbons (Fsp3) is 0.500. The summed E-state index contributed by atoms with van der Waals surface area (Å²) in [6, 6.07) is 5.35. The van der Waals surface area contributed by atoms with E-state index in [2.05, 4.69) is 10.3 Å². The van der Waals surface area contributed by atoms with E-state index in [0.717, 1.165) is 22.2 Å². The van der Waals surface area contributed by atoms with Gasteiger partial charge in [0.1, 0.15) is 0 Å². The third kappa shape index (κ3) is 3.99.